The molecule has 0 fully saturated rings. The van der Waals surface area contributed by atoms with Gasteiger partial charge in [0.15, 0.2) is 5.75 Å². The van der Waals surface area contributed by atoms with E-state index in [1.165, 1.54) is 0 Å². The highest BCUT2D eigenvalue weighted by molar-refractivity contribution is 5.91. The molecule has 5 heteroatoms. The van der Waals surface area contributed by atoms with E-state index in [1.807, 2.05) is 37.6 Å². The zero-order chi connectivity index (χ0) is 17.2. The molecule has 0 saturated heterocycles. The quantitative estimate of drug-likeness (QED) is 0.563. The monoisotopic (exact) mass is 326 g/mol. The van der Waals surface area contributed by atoms with Gasteiger partial charge in [-0.15, -0.1) is 0 Å². The predicted molar refractivity (Wildman–Crippen MR) is 95.2 cm³/mol. The van der Waals surface area contributed by atoms with Crippen LogP contribution in [-0.4, -0.2) is 14.8 Å². The Kier molecular flexibility index (Phi) is 3.64. The van der Waals surface area contributed by atoms with E-state index in [9.17, 15) is 0 Å². The molecule has 2 aromatic carbocycles. The van der Waals surface area contributed by atoms with Gasteiger partial charge in [0.1, 0.15) is 5.75 Å². The standard InChI is InChI=1S/C20H14N4O/c1-24-13-17(11-23-24)15-5-6-16-10-22-12-20(19(16)8-15)25-18-4-2-3-14(7-18)9-21/h2-8,10-13H,1H3. The molecule has 4 aromatic rings. The first-order chi connectivity index (χ1) is 12.2. The topological polar surface area (TPSA) is 63.7 Å². The lowest BCUT2D eigenvalue weighted by molar-refractivity contribution is 0.486. The molecule has 0 spiro atoms. The minimum absolute atomic E-state index is 0.557. The molecule has 0 bridgehead atoms. The molecule has 2 heterocycles. The summed E-state index contributed by atoms with van der Waals surface area (Å²) in [5, 5.41) is 15.2. The van der Waals surface area contributed by atoms with Gasteiger partial charge in [-0.2, -0.15) is 10.4 Å². The molecule has 0 aliphatic carbocycles. The van der Waals surface area contributed by atoms with Crippen molar-refractivity contribution in [3.8, 4) is 28.7 Å². The van der Waals surface area contributed by atoms with Crippen LogP contribution < -0.4 is 4.74 Å². The van der Waals surface area contributed by atoms with Crippen molar-refractivity contribution in [3.63, 3.8) is 0 Å². The summed E-state index contributed by atoms with van der Waals surface area (Å²) in [7, 11) is 1.89. The molecule has 0 amide bonds. The Labute approximate surface area is 144 Å². The van der Waals surface area contributed by atoms with Crippen LogP contribution in [0.5, 0.6) is 11.5 Å². The average Bonchev–Trinajstić information content (AvgIpc) is 3.08. The third-order valence-electron chi connectivity index (χ3n) is 3.95. The van der Waals surface area contributed by atoms with Gasteiger partial charge in [0.25, 0.3) is 0 Å². The third-order valence-corrected chi connectivity index (χ3v) is 3.95. The summed E-state index contributed by atoms with van der Waals surface area (Å²) in [6.45, 7) is 0. The van der Waals surface area contributed by atoms with Gasteiger partial charge in [-0.3, -0.25) is 9.67 Å². The van der Waals surface area contributed by atoms with Crippen molar-refractivity contribution < 1.29 is 4.74 Å². The highest BCUT2D eigenvalue weighted by atomic mass is 16.5. The van der Waals surface area contributed by atoms with Gasteiger partial charge in [-0.1, -0.05) is 18.2 Å². The molecule has 0 radical (unpaired) electrons. The van der Waals surface area contributed by atoms with Crippen LogP contribution in [0.1, 0.15) is 5.56 Å². The van der Waals surface area contributed by atoms with E-state index in [1.54, 1.807) is 35.3 Å². The minimum Gasteiger partial charge on any atom is -0.455 e. The summed E-state index contributed by atoms with van der Waals surface area (Å²) in [5.41, 5.74) is 2.66. The second kappa shape index (κ2) is 6.10. The number of hydrogen-bond donors (Lipinski definition) is 0. The number of benzene rings is 2. The highest BCUT2D eigenvalue weighted by Crippen LogP contribution is 2.32. The number of nitrogens with zero attached hydrogens (tertiary/aromatic N) is 4. The fraction of sp³-hybridized carbons (Fsp3) is 0.0500. The van der Waals surface area contributed by atoms with Gasteiger partial charge < -0.3 is 4.74 Å². The number of fused-ring (bicyclic) bond motifs is 1. The van der Waals surface area contributed by atoms with E-state index >= 15 is 0 Å². The van der Waals surface area contributed by atoms with E-state index in [0.717, 1.165) is 21.9 Å². The lowest BCUT2D eigenvalue weighted by Gasteiger charge is -2.10. The zero-order valence-corrected chi connectivity index (χ0v) is 13.5. The van der Waals surface area contributed by atoms with Crippen LogP contribution in [0.15, 0.2) is 67.3 Å². The van der Waals surface area contributed by atoms with Crippen molar-refractivity contribution in [1.29, 1.82) is 5.26 Å². The molecule has 0 N–H and O–H groups in total. The number of ether oxygens (including phenoxy) is 1. The van der Waals surface area contributed by atoms with Crippen LogP contribution in [0, 0.1) is 11.3 Å². The molecule has 0 atom stereocenters. The average molecular weight is 326 g/mol. The number of pyridine rings is 1. The lowest BCUT2D eigenvalue weighted by atomic mass is 10.0. The smallest absolute Gasteiger partial charge is 0.153 e. The highest BCUT2D eigenvalue weighted by Gasteiger charge is 2.08. The van der Waals surface area contributed by atoms with Crippen molar-refractivity contribution in [2.24, 2.45) is 7.05 Å². The van der Waals surface area contributed by atoms with E-state index in [4.69, 9.17) is 10.00 Å². The number of rotatable bonds is 3. The first kappa shape index (κ1) is 14.9. The summed E-state index contributed by atoms with van der Waals surface area (Å²) < 4.78 is 7.77. The van der Waals surface area contributed by atoms with Crippen molar-refractivity contribution >= 4 is 10.8 Å². The van der Waals surface area contributed by atoms with Crippen LogP contribution in [-0.2, 0) is 7.05 Å². The van der Waals surface area contributed by atoms with E-state index in [0.29, 0.717) is 17.1 Å². The van der Waals surface area contributed by atoms with E-state index in [-0.39, 0.29) is 0 Å². The minimum atomic E-state index is 0.557. The Bertz CT molecular complexity index is 1110. The summed E-state index contributed by atoms with van der Waals surface area (Å²) in [4.78, 5) is 4.25. The fourth-order valence-electron chi connectivity index (χ4n) is 2.72. The molecule has 0 saturated carbocycles. The molecule has 4 rings (SSSR count). The van der Waals surface area contributed by atoms with Crippen LogP contribution in [0.25, 0.3) is 21.9 Å². The van der Waals surface area contributed by atoms with Crippen LogP contribution in [0.3, 0.4) is 0 Å². The Balaban J connectivity index is 1.79. The predicted octanol–water partition coefficient (Wildman–Crippen LogP) is 4.30. The summed E-state index contributed by atoms with van der Waals surface area (Å²) in [6, 6.07) is 15.3. The van der Waals surface area contributed by atoms with Crippen LogP contribution in [0.4, 0.5) is 0 Å². The SMILES string of the molecule is Cn1cc(-c2ccc3cncc(Oc4cccc(C#N)c4)c3c2)cn1. The Morgan fingerprint density at radius 3 is 2.76 bits per heavy atom. The summed E-state index contributed by atoms with van der Waals surface area (Å²) in [6.07, 6.45) is 7.30. The number of aromatic nitrogens is 3. The third kappa shape index (κ3) is 2.93. The molecule has 120 valence electrons. The molecular weight excluding hydrogens is 312 g/mol. The first-order valence-electron chi connectivity index (χ1n) is 7.78. The van der Waals surface area contributed by atoms with Gasteiger partial charge in [-0.05, 0) is 29.8 Å². The Morgan fingerprint density at radius 1 is 1.04 bits per heavy atom. The summed E-state index contributed by atoms with van der Waals surface area (Å²) >= 11 is 0. The normalized spacial score (nSPS) is 10.6. The van der Waals surface area contributed by atoms with Crippen molar-refractivity contribution in [1.82, 2.24) is 14.8 Å². The second-order valence-electron chi connectivity index (χ2n) is 5.72. The first-order valence-corrected chi connectivity index (χ1v) is 7.78. The van der Waals surface area contributed by atoms with Crippen molar-refractivity contribution in [2.45, 2.75) is 0 Å². The van der Waals surface area contributed by atoms with Crippen molar-refractivity contribution in [3.05, 3.63) is 72.8 Å². The molecule has 2 aromatic heterocycles. The lowest BCUT2D eigenvalue weighted by Crippen LogP contribution is -1.89. The molecule has 5 nitrogen and oxygen atoms in total. The van der Waals surface area contributed by atoms with Crippen LogP contribution in [0.2, 0.25) is 0 Å². The van der Waals surface area contributed by atoms with E-state index in [2.05, 4.69) is 22.2 Å². The largest absolute Gasteiger partial charge is 0.455 e. The van der Waals surface area contributed by atoms with Gasteiger partial charge in [-0.25, -0.2) is 0 Å². The second-order valence-corrected chi connectivity index (χ2v) is 5.72. The maximum Gasteiger partial charge on any atom is 0.153 e. The molecular formula is C20H14N4O. The number of aryl methyl sites for hydroxylation is 1. The number of nitriles is 1. The van der Waals surface area contributed by atoms with Crippen molar-refractivity contribution in [2.75, 3.05) is 0 Å². The number of hydrogen-bond acceptors (Lipinski definition) is 4. The van der Waals surface area contributed by atoms with E-state index < -0.39 is 0 Å². The maximum atomic E-state index is 9.04. The zero-order valence-electron chi connectivity index (χ0n) is 13.5. The van der Waals surface area contributed by atoms with Gasteiger partial charge in [0, 0.05) is 35.8 Å². The molecule has 25 heavy (non-hydrogen) atoms. The molecule has 0 aliphatic heterocycles. The Hall–Kier alpha value is -3.65. The molecule has 0 unspecified atom stereocenters. The summed E-state index contributed by atoms with van der Waals surface area (Å²) in [5.74, 6) is 1.26. The van der Waals surface area contributed by atoms with Gasteiger partial charge in [0.05, 0.1) is 24.0 Å². The fourth-order valence-corrected chi connectivity index (χ4v) is 2.72. The van der Waals surface area contributed by atoms with Gasteiger partial charge >= 0.3 is 0 Å². The van der Waals surface area contributed by atoms with Crippen LogP contribution >= 0.6 is 0 Å². The van der Waals surface area contributed by atoms with Gasteiger partial charge in [0.2, 0.25) is 0 Å². The Morgan fingerprint density at radius 2 is 1.96 bits per heavy atom. The molecule has 0 aliphatic rings. The maximum absolute atomic E-state index is 9.04.